The molecule has 1 saturated carbocycles. The standard InChI is InChI=1S/C22H30N2O5/c1-5-17(19(25)29-16-9-7-6-8-10-16)24-20(26)22(3,23-21(24)27)15-11-12-18(28-4)14(2)13-15/h11-13,16-17H,5-10H2,1-4H3,(H,23,27). The summed E-state index contributed by atoms with van der Waals surface area (Å²) in [6, 6.07) is 3.85. The average Bonchev–Trinajstić information content (AvgIpc) is 2.93. The van der Waals surface area contributed by atoms with Gasteiger partial charge < -0.3 is 14.8 Å². The summed E-state index contributed by atoms with van der Waals surface area (Å²) in [4.78, 5) is 39.9. The van der Waals surface area contributed by atoms with E-state index in [0.29, 0.717) is 17.7 Å². The Balaban J connectivity index is 1.82. The minimum atomic E-state index is -1.24. The van der Waals surface area contributed by atoms with Gasteiger partial charge in [0.1, 0.15) is 23.4 Å². The lowest BCUT2D eigenvalue weighted by atomic mass is 9.90. The molecular formula is C22H30N2O5. The predicted octanol–water partition coefficient (Wildman–Crippen LogP) is 3.43. The molecule has 7 heteroatoms. The summed E-state index contributed by atoms with van der Waals surface area (Å²) in [7, 11) is 1.58. The summed E-state index contributed by atoms with van der Waals surface area (Å²) in [6.07, 6.45) is 5.08. The van der Waals surface area contributed by atoms with Gasteiger partial charge in [-0.1, -0.05) is 19.4 Å². The number of urea groups is 1. The van der Waals surface area contributed by atoms with Crippen molar-refractivity contribution < 1.29 is 23.9 Å². The molecule has 0 spiro atoms. The highest BCUT2D eigenvalue weighted by Gasteiger charge is 2.53. The fraction of sp³-hybridized carbons (Fsp3) is 0.591. The summed E-state index contributed by atoms with van der Waals surface area (Å²) < 4.78 is 10.9. The number of methoxy groups -OCH3 is 1. The monoisotopic (exact) mass is 402 g/mol. The Kier molecular flexibility index (Phi) is 6.15. The van der Waals surface area contributed by atoms with Crippen LogP contribution in [0.15, 0.2) is 18.2 Å². The molecule has 0 radical (unpaired) electrons. The largest absolute Gasteiger partial charge is 0.496 e. The van der Waals surface area contributed by atoms with E-state index in [2.05, 4.69) is 5.32 Å². The van der Waals surface area contributed by atoms with Crippen LogP contribution in [0.2, 0.25) is 0 Å². The molecule has 1 N–H and O–H groups in total. The third-order valence-electron chi connectivity index (χ3n) is 6.00. The molecule has 0 aromatic heterocycles. The maximum atomic E-state index is 13.3. The third kappa shape index (κ3) is 3.95. The van der Waals surface area contributed by atoms with Crippen molar-refractivity contribution in [2.24, 2.45) is 0 Å². The van der Waals surface area contributed by atoms with Crippen molar-refractivity contribution in [2.75, 3.05) is 7.11 Å². The van der Waals surface area contributed by atoms with Crippen LogP contribution < -0.4 is 10.1 Å². The van der Waals surface area contributed by atoms with Gasteiger partial charge in [0.15, 0.2) is 0 Å². The molecule has 1 aliphatic carbocycles. The number of carbonyl (C=O) groups is 3. The smallest absolute Gasteiger partial charge is 0.329 e. The van der Waals surface area contributed by atoms with Crippen LogP contribution >= 0.6 is 0 Å². The van der Waals surface area contributed by atoms with Crippen LogP contribution in [0.1, 0.15) is 63.5 Å². The number of nitrogens with one attached hydrogen (secondary N) is 1. The number of rotatable bonds is 6. The minimum Gasteiger partial charge on any atom is -0.496 e. The van der Waals surface area contributed by atoms with E-state index in [0.717, 1.165) is 42.6 Å². The fourth-order valence-electron chi connectivity index (χ4n) is 4.21. The first-order valence-electron chi connectivity index (χ1n) is 10.3. The zero-order valence-corrected chi connectivity index (χ0v) is 17.6. The molecule has 1 aromatic rings. The van der Waals surface area contributed by atoms with E-state index in [9.17, 15) is 14.4 Å². The molecule has 2 fully saturated rings. The second-order valence-electron chi connectivity index (χ2n) is 8.04. The number of hydrogen-bond acceptors (Lipinski definition) is 5. The van der Waals surface area contributed by atoms with E-state index in [1.165, 1.54) is 0 Å². The Hall–Kier alpha value is -2.57. The summed E-state index contributed by atoms with van der Waals surface area (Å²) in [5.41, 5.74) is 0.259. The van der Waals surface area contributed by atoms with E-state index in [-0.39, 0.29) is 6.10 Å². The minimum absolute atomic E-state index is 0.123. The highest BCUT2D eigenvalue weighted by Crippen LogP contribution is 2.33. The van der Waals surface area contributed by atoms with Gasteiger partial charge in [-0.05, 0) is 69.2 Å². The molecule has 29 heavy (non-hydrogen) atoms. The molecule has 3 amide bonds. The van der Waals surface area contributed by atoms with Crippen LogP contribution in [-0.4, -0.2) is 42.1 Å². The third-order valence-corrected chi connectivity index (χ3v) is 6.00. The molecule has 1 saturated heterocycles. The summed E-state index contributed by atoms with van der Waals surface area (Å²) >= 11 is 0. The lowest BCUT2D eigenvalue weighted by Gasteiger charge is -2.28. The van der Waals surface area contributed by atoms with Crippen LogP contribution in [0.4, 0.5) is 4.79 Å². The van der Waals surface area contributed by atoms with Crippen LogP contribution in [0, 0.1) is 6.92 Å². The first-order valence-corrected chi connectivity index (χ1v) is 10.3. The Morgan fingerprint density at radius 3 is 2.55 bits per heavy atom. The number of nitrogens with zero attached hydrogens (tertiary/aromatic N) is 1. The molecule has 2 aliphatic rings. The van der Waals surface area contributed by atoms with E-state index < -0.39 is 29.5 Å². The van der Waals surface area contributed by atoms with Gasteiger partial charge in [-0.15, -0.1) is 0 Å². The molecule has 2 unspecified atom stereocenters. The van der Waals surface area contributed by atoms with Crippen LogP contribution in [0.25, 0.3) is 0 Å². The maximum Gasteiger partial charge on any atom is 0.329 e. The highest BCUT2D eigenvalue weighted by molar-refractivity contribution is 6.09. The van der Waals surface area contributed by atoms with Gasteiger partial charge in [-0.25, -0.2) is 14.5 Å². The molecule has 7 nitrogen and oxygen atoms in total. The number of amides is 3. The predicted molar refractivity (Wildman–Crippen MR) is 108 cm³/mol. The SMILES string of the molecule is CCC(C(=O)OC1CCCCC1)N1C(=O)NC(C)(c2ccc(OC)c(C)c2)C1=O. The molecule has 0 bridgehead atoms. The topological polar surface area (TPSA) is 84.9 Å². The number of esters is 1. The van der Waals surface area contributed by atoms with Crippen molar-refractivity contribution in [2.45, 2.75) is 77.0 Å². The Morgan fingerprint density at radius 2 is 1.97 bits per heavy atom. The van der Waals surface area contributed by atoms with Crippen LogP contribution in [-0.2, 0) is 19.9 Å². The van der Waals surface area contributed by atoms with Crippen LogP contribution in [0.5, 0.6) is 5.75 Å². The number of ether oxygens (including phenoxy) is 2. The van der Waals surface area contributed by atoms with Crippen molar-refractivity contribution in [1.82, 2.24) is 10.2 Å². The van der Waals surface area contributed by atoms with Crippen LogP contribution in [0.3, 0.4) is 0 Å². The number of imide groups is 1. The number of aryl methyl sites for hydroxylation is 1. The molecule has 1 heterocycles. The van der Waals surface area contributed by atoms with E-state index in [1.54, 1.807) is 33.1 Å². The van der Waals surface area contributed by atoms with Crippen molar-refractivity contribution >= 4 is 17.9 Å². The summed E-state index contributed by atoms with van der Waals surface area (Å²) in [5, 5.41) is 2.77. The van der Waals surface area contributed by atoms with Crippen molar-refractivity contribution in [1.29, 1.82) is 0 Å². The first-order chi connectivity index (χ1) is 13.8. The van der Waals surface area contributed by atoms with Gasteiger partial charge in [-0.3, -0.25) is 4.79 Å². The lowest BCUT2D eigenvalue weighted by Crippen LogP contribution is -2.48. The Bertz CT molecular complexity index is 802. The normalized spacial score (nSPS) is 23.7. The van der Waals surface area contributed by atoms with E-state index >= 15 is 0 Å². The maximum absolute atomic E-state index is 13.3. The molecule has 158 valence electrons. The summed E-state index contributed by atoms with van der Waals surface area (Å²) in [5.74, 6) is -0.244. The first kappa shape index (κ1) is 21.1. The quantitative estimate of drug-likeness (QED) is 0.582. The number of hydrogen-bond donors (Lipinski definition) is 1. The van der Waals surface area contributed by atoms with Gasteiger partial charge in [0.05, 0.1) is 7.11 Å². The fourth-order valence-corrected chi connectivity index (χ4v) is 4.21. The summed E-state index contributed by atoms with van der Waals surface area (Å²) in [6.45, 7) is 5.31. The zero-order chi connectivity index (χ0) is 21.2. The molecule has 3 rings (SSSR count). The average molecular weight is 402 g/mol. The molecular weight excluding hydrogens is 372 g/mol. The Morgan fingerprint density at radius 1 is 1.28 bits per heavy atom. The highest BCUT2D eigenvalue weighted by atomic mass is 16.5. The molecule has 2 atom stereocenters. The van der Waals surface area contributed by atoms with Crippen molar-refractivity contribution in [3.05, 3.63) is 29.3 Å². The van der Waals surface area contributed by atoms with E-state index in [1.807, 2.05) is 13.0 Å². The zero-order valence-electron chi connectivity index (χ0n) is 17.6. The second kappa shape index (κ2) is 8.43. The van der Waals surface area contributed by atoms with Gasteiger partial charge in [0.2, 0.25) is 0 Å². The van der Waals surface area contributed by atoms with Gasteiger partial charge in [0.25, 0.3) is 5.91 Å². The lowest BCUT2D eigenvalue weighted by molar-refractivity contribution is -0.159. The second-order valence-corrected chi connectivity index (χ2v) is 8.04. The van der Waals surface area contributed by atoms with Gasteiger partial charge in [0, 0.05) is 0 Å². The molecule has 1 aromatic carbocycles. The van der Waals surface area contributed by atoms with E-state index in [4.69, 9.17) is 9.47 Å². The number of carbonyl (C=O) groups excluding carboxylic acids is 3. The van der Waals surface area contributed by atoms with Crippen molar-refractivity contribution in [3.63, 3.8) is 0 Å². The van der Waals surface area contributed by atoms with Crippen molar-refractivity contribution in [3.8, 4) is 5.75 Å². The number of benzene rings is 1. The Labute approximate surface area is 171 Å². The molecule has 1 aliphatic heterocycles. The van der Waals surface area contributed by atoms with Gasteiger partial charge >= 0.3 is 12.0 Å². The van der Waals surface area contributed by atoms with Gasteiger partial charge in [-0.2, -0.15) is 0 Å².